The molecule has 0 aromatic heterocycles. The molecule has 0 saturated carbocycles. The Hall–Kier alpha value is -2.32. The monoisotopic (exact) mass is 396 g/mol. The molecule has 0 radical (unpaired) electrons. The molecule has 0 saturated heterocycles. The molecule has 0 spiro atoms. The van der Waals surface area contributed by atoms with Crippen molar-refractivity contribution in [3.63, 3.8) is 0 Å². The molecule has 27 heavy (non-hydrogen) atoms. The molecule has 146 valence electrons. The number of sulfonamides is 1. The van der Waals surface area contributed by atoms with Crippen LogP contribution in [-0.2, 0) is 21.2 Å². The van der Waals surface area contributed by atoms with E-state index < -0.39 is 32.7 Å². The maximum absolute atomic E-state index is 13.8. The molecule has 0 aliphatic carbocycles. The van der Waals surface area contributed by atoms with Gasteiger partial charge in [0, 0.05) is 6.54 Å². The topological polar surface area (TPSA) is 75.3 Å². The second-order valence-electron chi connectivity index (χ2n) is 6.44. The number of nitrogens with one attached hydrogen (secondary N) is 2. The summed E-state index contributed by atoms with van der Waals surface area (Å²) in [7, 11) is -4.19. The van der Waals surface area contributed by atoms with Crippen molar-refractivity contribution < 1.29 is 22.0 Å². The lowest BCUT2D eigenvalue weighted by atomic mass is 10.0. The van der Waals surface area contributed by atoms with Crippen LogP contribution in [0.15, 0.2) is 53.4 Å². The third kappa shape index (κ3) is 5.83. The van der Waals surface area contributed by atoms with Crippen LogP contribution in [0, 0.1) is 17.6 Å². The highest BCUT2D eigenvalue weighted by molar-refractivity contribution is 7.89. The summed E-state index contributed by atoms with van der Waals surface area (Å²) in [4.78, 5) is 11.9. The van der Waals surface area contributed by atoms with E-state index in [-0.39, 0.29) is 18.3 Å². The molecule has 0 heterocycles. The van der Waals surface area contributed by atoms with Gasteiger partial charge in [0.15, 0.2) is 0 Å². The highest BCUT2D eigenvalue weighted by atomic mass is 32.2. The molecular weight excluding hydrogens is 374 g/mol. The Morgan fingerprint density at radius 2 is 1.67 bits per heavy atom. The zero-order chi connectivity index (χ0) is 20.0. The predicted octanol–water partition coefficient (Wildman–Crippen LogP) is 2.63. The molecule has 2 rings (SSSR count). The zero-order valence-corrected chi connectivity index (χ0v) is 15.9. The van der Waals surface area contributed by atoms with Crippen molar-refractivity contribution in [3.05, 3.63) is 65.7 Å². The van der Waals surface area contributed by atoms with Gasteiger partial charge in [0.2, 0.25) is 15.9 Å². The largest absolute Gasteiger partial charge is 0.354 e. The van der Waals surface area contributed by atoms with E-state index in [4.69, 9.17) is 0 Å². The van der Waals surface area contributed by atoms with E-state index in [1.165, 1.54) is 24.3 Å². The molecule has 0 unspecified atom stereocenters. The van der Waals surface area contributed by atoms with Crippen molar-refractivity contribution in [1.29, 1.82) is 0 Å². The molecule has 1 amide bonds. The Balaban J connectivity index is 2.02. The smallest absolute Gasteiger partial charge is 0.244 e. The summed E-state index contributed by atoms with van der Waals surface area (Å²) in [5, 5.41) is 2.66. The van der Waals surface area contributed by atoms with Gasteiger partial charge in [-0.05, 0) is 42.2 Å². The summed E-state index contributed by atoms with van der Waals surface area (Å²) in [6.45, 7) is 3.64. The second-order valence-corrected chi connectivity index (χ2v) is 8.12. The fourth-order valence-corrected chi connectivity index (χ4v) is 3.90. The van der Waals surface area contributed by atoms with Crippen LogP contribution >= 0.6 is 0 Å². The van der Waals surface area contributed by atoms with E-state index in [0.29, 0.717) is 6.42 Å². The SMILES string of the molecule is CC(C)[C@H](NS(=O)(=O)c1ccccc1F)C(=O)NCCc1ccc(F)cc1. The number of amides is 1. The van der Waals surface area contributed by atoms with Gasteiger partial charge in [-0.15, -0.1) is 0 Å². The first-order chi connectivity index (χ1) is 12.7. The second kappa shape index (κ2) is 9.05. The van der Waals surface area contributed by atoms with E-state index in [1.807, 2.05) is 0 Å². The minimum atomic E-state index is -4.19. The summed E-state index contributed by atoms with van der Waals surface area (Å²) in [5.74, 6) is -2.08. The predicted molar refractivity (Wildman–Crippen MR) is 98.5 cm³/mol. The Bertz CT molecular complexity index is 884. The molecule has 2 N–H and O–H groups in total. The van der Waals surface area contributed by atoms with Crippen molar-refractivity contribution >= 4 is 15.9 Å². The number of carbonyl (C=O) groups excluding carboxylic acids is 1. The summed E-state index contributed by atoms with van der Waals surface area (Å²) >= 11 is 0. The Kier molecular flexibility index (Phi) is 7.04. The molecule has 0 fully saturated rings. The minimum absolute atomic E-state index is 0.259. The Labute approximate surface area is 157 Å². The lowest BCUT2D eigenvalue weighted by Gasteiger charge is -2.21. The van der Waals surface area contributed by atoms with Gasteiger partial charge in [-0.25, -0.2) is 17.2 Å². The standard InChI is InChI=1S/C19H22F2N2O3S/c1-13(2)18(23-27(25,26)17-6-4-3-5-16(17)21)19(24)22-12-11-14-7-9-15(20)10-8-14/h3-10,13,18,23H,11-12H2,1-2H3,(H,22,24)/t18-/m0/s1. The molecule has 0 aliphatic heterocycles. The normalized spacial score (nSPS) is 12.8. The van der Waals surface area contributed by atoms with Gasteiger partial charge in [-0.3, -0.25) is 4.79 Å². The average molecular weight is 396 g/mol. The Morgan fingerprint density at radius 1 is 1.04 bits per heavy atom. The lowest BCUT2D eigenvalue weighted by Crippen LogP contribution is -2.50. The Morgan fingerprint density at radius 3 is 2.26 bits per heavy atom. The first-order valence-corrected chi connectivity index (χ1v) is 9.98. The maximum atomic E-state index is 13.8. The van der Waals surface area contributed by atoms with Gasteiger partial charge >= 0.3 is 0 Å². The number of halogens is 2. The van der Waals surface area contributed by atoms with E-state index >= 15 is 0 Å². The van der Waals surface area contributed by atoms with Crippen LogP contribution in [0.4, 0.5) is 8.78 Å². The van der Waals surface area contributed by atoms with Crippen LogP contribution in [0.5, 0.6) is 0 Å². The van der Waals surface area contributed by atoms with Crippen LogP contribution in [0.2, 0.25) is 0 Å². The molecule has 8 heteroatoms. The van der Waals surface area contributed by atoms with Crippen molar-refractivity contribution in [3.8, 4) is 0 Å². The highest BCUT2D eigenvalue weighted by Crippen LogP contribution is 2.15. The molecule has 2 aromatic rings. The third-order valence-electron chi connectivity index (χ3n) is 3.98. The van der Waals surface area contributed by atoms with Gasteiger partial charge in [0.1, 0.15) is 22.6 Å². The quantitative estimate of drug-likeness (QED) is 0.720. The number of rotatable bonds is 8. The first kappa shape index (κ1) is 21.0. The zero-order valence-electron chi connectivity index (χ0n) is 15.1. The van der Waals surface area contributed by atoms with Gasteiger partial charge in [0.05, 0.1) is 0 Å². The molecule has 0 aliphatic rings. The fourth-order valence-electron chi connectivity index (χ4n) is 2.48. The number of carbonyl (C=O) groups is 1. The summed E-state index contributed by atoms with van der Waals surface area (Å²) in [6, 6.07) is 9.81. The summed E-state index contributed by atoms with van der Waals surface area (Å²) < 4.78 is 53.8. The van der Waals surface area contributed by atoms with Gasteiger partial charge in [-0.2, -0.15) is 4.72 Å². The van der Waals surface area contributed by atoms with Crippen LogP contribution in [-0.4, -0.2) is 26.9 Å². The summed E-state index contributed by atoms with van der Waals surface area (Å²) in [6.07, 6.45) is 0.469. The summed E-state index contributed by atoms with van der Waals surface area (Å²) in [5.41, 5.74) is 0.838. The van der Waals surface area contributed by atoms with E-state index in [2.05, 4.69) is 10.0 Å². The van der Waals surface area contributed by atoms with Crippen LogP contribution in [0.3, 0.4) is 0 Å². The average Bonchev–Trinajstić information content (AvgIpc) is 2.61. The maximum Gasteiger partial charge on any atom is 0.244 e. The van der Waals surface area contributed by atoms with E-state index in [0.717, 1.165) is 17.7 Å². The fraction of sp³-hybridized carbons (Fsp3) is 0.316. The number of benzene rings is 2. The molecule has 2 aromatic carbocycles. The molecule has 5 nitrogen and oxygen atoms in total. The van der Waals surface area contributed by atoms with Crippen LogP contribution in [0.1, 0.15) is 19.4 Å². The lowest BCUT2D eigenvalue weighted by molar-refractivity contribution is -0.123. The van der Waals surface area contributed by atoms with E-state index in [9.17, 15) is 22.0 Å². The van der Waals surface area contributed by atoms with Crippen LogP contribution in [0.25, 0.3) is 0 Å². The first-order valence-electron chi connectivity index (χ1n) is 8.49. The number of hydrogen-bond acceptors (Lipinski definition) is 3. The van der Waals surface area contributed by atoms with Gasteiger partial charge in [0.25, 0.3) is 0 Å². The third-order valence-corrected chi connectivity index (χ3v) is 5.46. The van der Waals surface area contributed by atoms with Gasteiger partial charge < -0.3 is 5.32 Å². The van der Waals surface area contributed by atoms with Crippen LogP contribution < -0.4 is 10.0 Å². The van der Waals surface area contributed by atoms with Crippen molar-refractivity contribution in [2.75, 3.05) is 6.54 Å². The molecule has 0 bridgehead atoms. The van der Waals surface area contributed by atoms with Crippen molar-refractivity contribution in [1.82, 2.24) is 10.0 Å². The minimum Gasteiger partial charge on any atom is -0.354 e. The van der Waals surface area contributed by atoms with Crippen molar-refractivity contribution in [2.24, 2.45) is 5.92 Å². The molecule has 1 atom stereocenters. The van der Waals surface area contributed by atoms with Crippen molar-refractivity contribution in [2.45, 2.75) is 31.2 Å². The highest BCUT2D eigenvalue weighted by Gasteiger charge is 2.29. The number of hydrogen-bond donors (Lipinski definition) is 2. The van der Waals surface area contributed by atoms with E-state index in [1.54, 1.807) is 26.0 Å². The molecular formula is C19H22F2N2O3S. The van der Waals surface area contributed by atoms with Gasteiger partial charge in [-0.1, -0.05) is 38.1 Å².